The summed E-state index contributed by atoms with van der Waals surface area (Å²) < 4.78 is 8.17. The maximum absolute atomic E-state index is 14.2. The van der Waals surface area contributed by atoms with Crippen molar-refractivity contribution in [1.82, 2.24) is 24.3 Å². The van der Waals surface area contributed by atoms with E-state index in [1.54, 1.807) is 18.8 Å². The molecule has 0 atom stereocenters. The van der Waals surface area contributed by atoms with Crippen LogP contribution in [0.25, 0.3) is 11.0 Å². The number of methoxy groups -OCH3 is 1. The van der Waals surface area contributed by atoms with Gasteiger partial charge < -0.3 is 15.4 Å². The summed E-state index contributed by atoms with van der Waals surface area (Å²) >= 11 is 0. The van der Waals surface area contributed by atoms with E-state index < -0.39 is 17.2 Å². The average Bonchev–Trinajstić information content (AvgIpc) is 3.60. The molecule has 1 saturated carbocycles. The van der Waals surface area contributed by atoms with Crippen LogP contribution >= 0.6 is 0 Å². The third-order valence-corrected chi connectivity index (χ3v) is 6.22. The fourth-order valence-corrected chi connectivity index (χ4v) is 4.43. The van der Waals surface area contributed by atoms with Crippen molar-refractivity contribution in [3.63, 3.8) is 0 Å². The number of nitrogens with one attached hydrogen (secondary N) is 1. The van der Waals surface area contributed by atoms with Gasteiger partial charge in [0.25, 0.3) is 11.5 Å². The Hall–Kier alpha value is -3.47. The van der Waals surface area contributed by atoms with E-state index in [0.717, 1.165) is 18.5 Å². The molecule has 0 radical (unpaired) electrons. The molecule has 0 saturated heterocycles. The summed E-state index contributed by atoms with van der Waals surface area (Å²) in [5.41, 5.74) is 7.60. The van der Waals surface area contributed by atoms with E-state index in [1.165, 1.54) is 9.47 Å². The average molecular weight is 484 g/mol. The number of carbonyl (C=O) groups is 1. The summed E-state index contributed by atoms with van der Waals surface area (Å²) in [5, 5.41) is 5.12. The van der Waals surface area contributed by atoms with Gasteiger partial charge in [-0.25, -0.2) is 9.78 Å². The molecule has 1 amide bonds. The Balaban J connectivity index is 1.91. The zero-order valence-corrected chi connectivity index (χ0v) is 20.9. The predicted molar refractivity (Wildman–Crippen MR) is 134 cm³/mol. The molecule has 4 rings (SSSR count). The Morgan fingerprint density at radius 1 is 1.34 bits per heavy atom. The fraction of sp³-hybridized carbons (Fsp3) is 0.542. The van der Waals surface area contributed by atoms with Gasteiger partial charge in [-0.1, -0.05) is 13.8 Å². The molecule has 0 aromatic carbocycles. The normalized spacial score (nSPS) is 13.7. The lowest BCUT2D eigenvalue weighted by Gasteiger charge is -2.25. The lowest BCUT2D eigenvalue weighted by atomic mass is 10.1. The van der Waals surface area contributed by atoms with Gasteiger partial charge in [-0.15, -0.1) is 0 Å². The summed E-state index contributed by atoms with van der Waals surface area (Å²) in [6.45, 7) is 6.59. The van der Waals surface area contributed by atoms with Crippen molar-refractivity contribution in [2.75, 3.05) is 30.9 Å². The van der Waals surface area contributed by atoms with Crippen molar-refractivity contribution in [2.45, 2.75) is 52.5 Å². The highest BCUT2D eigenvalue weighted by Crippen LogP contribution is 2.40. The number of H-pyrrole nitrogens is 1. The Morgan fingerprint density at radius 2 is 2.06 bits per heavy atom. The molecule has 0 unspecified atom stereocenters. The Bertz CT molecular complexity index is 1380. The largest absolute Gasteiger partial charge is 0.385 e. The maximum Gasteiger partial charge on any atom is 0.330 e. The van der Waals surface area contributed by atoms with Crippen LogP contribution in [0.5, 0.6) is 0 Å². The van der Waals surface area contributed by atoms with Crippen molar-refractivity contribution >= 4 is 28.4 Å². The van der Waals surface area contributed by atoms with Crippen LogP contribution < -0.4 is 21.9 Å². The summed E-state index contributed by atoms with van der Waals surface area (Å²) in [6, 6.07) is 1.81. The monoisotopic (exact) mass is 483 g/mol. The fourth-order valence-electron chi connectivity index (χ4n) is 4.43. The van der Waals surface area contributed by atoms with Gasteiger partial charge in [-0.05, 0) is 38.2 Å². The summed E-state index contributed by atoms with van der Waals surface area (Å²) in [7, 11) is 3.37. The number of pyridine rings is 1. The summed E-state index contributed by atoms with van der Waals surface area (Å²) in [6.07, 6.45) is 2.51. The number of aryl methyl sites for hydroxylation is 2. The molecule has 3 N–H and O–H groups in total. The Labute approximate surface area is 202 Å². The molecule has 3 heterocycles. The van der Waals surface area contributed by atoms with Crippen molar-refractivity contribution in [2.24, 2.45) is 13.0 Å². The predicted octanol–water partition coefficient (Wildman–Crippen LogP) is 1.93. The number of nitrogens with zero attached hydrogens (tertiary/aromatic N) is 5. The molecule has 3 aromatic heterocycles. The number of nitrogen functional groups attached to an aromatic ring is 1. The maximum atomic E-state index is 14.2. The van der Waals surface area contributed by atoms with Crippen molar-refractivity contribution in [3.05, 3.63) is 43.9 Å². The number of aromatic nitrogens is 5. The third kappa shape index (κ3) is 4.72. The zero-order chi connectivity index (χ0) is 25.4. The van der Waals surface area contributed by atoms with Gasteiger partial charge in [-0.2, -0.15) is 5.10 Å². The SMILES string of the molecule is COCCCN(C(=O)c1cc(C2CC2)nc2c1c(C)nn2C)c1c(N)n(CC(C)C)c(=O)[nH]c1=O. The van der Waals surface area contributed by atoms with E-state index in [1.807, 2.05) is 26.8 Å². The molecule has 3 aromatic rings. The number of hydrogen-bond acceptors (Lipinski definition) is 7. The highest BCUT2D eigenvalue weighted by molar-refractivity contribution is 6.14. The minimum Gasteiger partial charge on any atom is -0.385 e. The van der Waals surface area contributed by atoms with E-state index in [4.69, 9.17) is 15.5 Å². The number of carbonyl (C=O) groups excluding carboxylic acids is 1. The van der Waals surface area contributed by atoms with Crippen LogP contribution in [0.4, 0.5) is 11.5 Å². The van der Waals surface area contributed by atoms with E-state index >= 15 is 0 Å². The van der Waals surface area contributed by atoms with Crippen LogP contribution in [0.15, 0.2) is 15.7 Å². The Kier molecular flexibility index (Phi) is 6.79. The first-order chi connectivity index (χ1) is 16.6. The number of rotatable bonds is 9. The van der Waals surface area contributed by atoms with Crippen LogP contribution in [-0.4, -0.2) is 50.5 Å². The molecule has 0 aliphatic heterocycles. The molecule has 0 spiro atoms. The van der Waals surface area contributed by atoms with Gasteiger partial charge in [0.2, 0.25) is 0 Å². The van der Waals surface area contributed by atoms with E-state index in [2.05, 4.69) is 10.1 Å². The topological polar surface area (TPSA) is 141 Å². The molecule has 0 bridgehead atoms. The second-order valence-electron chi connectivity index (χ2n) is 9.58. The first-order valence-corrected chi connectivity index (χ1v) is 11.9. The number of hydrogen-bond donors (Lipinski definition) is 2. The highest BCUT2D eigenvalue weighted by Gasteiger charge is 2.31. The number of amides is 1. The molecule has 1 fully saturated rings. The number of aromatic amines is 1. The van der Waals surface area contributed by atoms with E-state index in [-0.39, 0.29) is 24.0 Å². The lowest BCUT2D eigenvalue weighted by molar-refractivity contribution is 0.0984. The van der Waals surface area contributed by atoms with Gasteiger partial charge in [-0.3, -0.25) is 23.8 Å². The number of ether oxygens (including phenoxy) is 1. The summed E-state index contributed by atoms with van der Waals surface area (Å²) in [5.74, 6) is -0.0119. The number of anilines is 2. The summed E-state index contributed by atoms with van der Waals surface area (Å²) in [4.78, 5) is 48.2. The number of nitrogens with two attached hydrogens (primary N) is 1. The van der Waals surface area contributed by atoms with Gasteiger partial charge in [0.15, 0.2) is 11.3 Å². The van der Waals surface area contributed by atoms with Gasteiger partial charge in [0, 0.05) is 45.5 Å². The third-order valence-electron chi connectivity index (χ3n) is 6.22. The zero-order valence-electron chi connectivity index (χ0n) is 20.9. The molecule has 35 heavy (non-hydrogen) atoms. The second kappa shape index (κ2) is 9.65. The van der Waals surface area contributed by atoms with Gasteiger partial charge in [0.05, 0.1) is 16.6 Å². The molecular formula is C24H33N7O4. The lowest BCUT2D eigenvalue weighted by Crippen LogP contribution is -2.42. The van der Waals surface area contributed by atoms with Crippen molar-refractivity contribution in [1.29, 1.82) is 0 Å². The number of fused-ring (bicyclic) bond motifs is 1. The first kappa shape index (κ1) is 24.6. The van der Waals surface area contributed by atoms with Crippen molar-refractivity contribution in [3.8, 4) is 0 Å². The minimum atomic E-state index is -0.700. The van der Waals surface area contributed by atoms with Crippen LogP contribution in [0, 0.1) is 12.8 Å². The first-order valence-electron chi connectivity index (χ1n) is 11.9. The van der Waals surface area contributed by atoms with Gasteiger partial charge >= 0.3 is 5.69 Å². The van der Waals surface area contributed by atoms with Gasteiger partial charge in [0.1, 0.15) is 5.82 Å². The molecular weight excluding hydrogens is 450 g/mol. The molecule has 188 valence electrons. The smallest absolute Gasteiger partial charge is 0.330 e. The minimum absolute atomic E-state index is 0.0335. The Morgan fingerprint density at radius 3 is 2.69 bits per heavy atom. The van der Waals surface area contributed by atoms with Crippen LogP contribution in [0.2, 0.25) is 0 Å². The van der Waals surface area contributed by atoms with Crippen molar-refractivity contribution < 1.29 is 9.53 Å². The van der Waals surface area contributed by atoms with Crippen LogP contribution in [0.1, 0.15) is 60.8 Å². The highest BCUT2D eigenvalue weighted by atomic mass is 16.5. The molecule has 1 aliphatic rings. The van der Waals surface area contributed by atoms with E-state index in [9.17, 15) is 14.4 Å². The molecule has 11 nitrogen and oxygen atoms in total. The second-order valence-corrected chi connectivity index (χ2v) is 9.58. The van der Waals surface area contributed by atoms with Crippen LogP contribution in [0.3, 0.4) is 0 Å². The quantitative estimate of drug-likeness (QED) is 0.443. The molecule has 1 aliphatic carbocycles. The van der Waals surface area contributed by atoms with E-state index in [0.29, 0.717) is 47.8 Å². The molecule has 11 heteroatoms. The standard InChI is InChI=1S/C24H33N7O4/c1-13(2)12-31-20(25)19(22(32)27-24(31)34)30(9-6-10-35-5)23(33)16-11-17(15-7-8-15)26-21-18(16)14(3)28-29(21)4/h11,13,15H,6-10,12,25H2,1-5H3,(H,27,32,34). The van der Waals surface area contributed by atoms with Crippen LogP contribution in [-0.2, 0) is 18.3 Å².